The van der Waals surface area contributed by atoms with Gasteiger partial charge in [0.1, 0.15) is 0 Å². The second-order valence-corrected chi connectivity index (χ2v) is 5.13. The molecule has 3 N–H and O–H groups in total. The summed E-state index contributed by atoms with van der Waals surface area (Å²) in [5, 5.41) is 18.7. The third kappa shape index (κ3) is 4.89. The summed E-state index contributed by atoms with van der Waals surface area (Å²) in [6.07, 6.45) is 4.74. The van der Waals surface area contributed by atoms with Crippen LogP contribution in [0.25, 0.3) is 0 Å². The summed E-state index contributed by atoms with van der Waals surface area (Å²) in [6.45, 7) is 2.69. The molecule has 1 atom stereocenters. The normalized spacial score (nSPS) is 11.9. The van der Waals surface area contributed by atoms with E-state index in [-0.39, 0.29) is 18.7 Å². The monoisotopic (exact) mass is 302 g/mol. The number of benzene rings is 1. The van der Waals surface area contributed by atoms with Crippen LogP contribution in [0.3, 0.4) is 0 Å². The Bertz CT molecular complexity index is 583. The first-order chi connectivity index (χ1) is 10.7. The van der Waals surface area contributed by atoms with Crippen molar-refractivity contribution in [3.05, 3.63) is 48.3 Å². The molecule has 0 aliphatic heterocycles. The van der Waals surface area contributed by atoms with E-state index < -0.39 is 0 Å². The maximum Gasteiger partial charge on any atom is 0.319 e. The molecule has 22 heavy (non-hydrogen) atoms. The number of urea groups is 1. The van der Waals surface area contributed by atoms with Crippen molar-refractivity contribution >= 4 is 11.7 Å². The number of anilines is 1. The van der Waals surface area contributed by atoms with Crippen molar-refractivity contribution in [3.8, 4) is 0 Å². The Hall–Kier alpha value is -2.34. The maximum absolute atomic E-state index is 11.9. The molecule has 0 aliphatic carbocycles. The molecule has 0 radical (unpaired) electrons. The van der Waals surface area contributed by atoms with Gasteiger partial charge in [0.25, 0.3) is 0 Å². The largest absolute Gasteiger partial charge is 0.396 e. The number of rotatable bonds is 7. The van der Waals surface area contributed by atoms with Gasteiger partial charge in [0.05, 0.1) is 18.4 Å². The summed E-state index contributed by atoms with van der Waals surface area (Å²) in [4.78, 5) is 11.9. The highest BCUT2D eigenvalue weighted by Crippen LogP contribution is 2.08. The number of aromatic nitrogens is 2. The quantitative estimate of drug-likeness (QED) is 0.733. The molecule has 1 aromatic carbocycles. The second kappa shape index (κ2) is 8.19. The van der Waals surface area contributed by atoms with E-state index in [0.29, 0.717) is 18.7 Å². The lowest BCUT2D eigenvalue weighted by Gasteiger charge is -2.15. The zero-order chi connectivity index (χ0) is 15.8. The van der Waals surface area contributed by atoms with Crippen molar-refractivity contribution in [1.82, 2.24) is 15.1 Å². The molecule has 0 saturated heterocycles. The van der Waals surface area contributed by atoms with Crippen molar-refractivity contribution in [2.45, 2.75) is 32.4 Å². The number of carbonyl (C=O) groups is 1. The fraction of sp³-hybridized carbons (Fsp3) is 0.375. The SMILES string of the molecule is CCC(CCO)NC(=O)Nc1cnn(Cc2ccccc2)c1. The Morgan fingerprint density at radius 2 is 2.14 bits per heavy atom. The average Bonchev–Trinajstić information content (AvgIpc) is 2.94. The summed E-state index contributed by atoms with van der Waals surface area (Å²) in [5.41, 5.74) is 1.79. The molecule has 2 aromatic rings. The molecule has 1 heterocycles. The molecule has 2 rings (SSSR count). The van der Waals surface area contributed by atoms with Crippen molar-refractivity contribution in [2.75, 3.05) is 11.9 Å². The van der Waals surface area contributed by atoms with Crippen molar-refractivity contribution in [2.24, 2.45) is 0 Å². The topological polar surface area (TPSA) is 79.2 Å². The van der Waals surface area contributed by atoms with Gasteiger partial charge in [0.2, 0.25) is 0 Å². The van der Waals surface area contributed by atoms with Gasteiger partial charge in [-0.25, -0.2) is 4.79 Å². The van der Waals surface area contributed by atoms with Crippen molar-refractivity contribution in [3.63, 3.8) is 0 Å². The minimum absolute atomic E-state index is 0.0237. The van der Waals surface area contributed by atoms with Gasteiger partial charge in [-0.1, -0.05) is 37.3 Å². The smallest absolute Gasteiger partial charge is 0.319 e. The average molecular weight is 302 g/mol. The molecule has 0 aliphatic rings. The van der Waals surface area contributed by atoms with Gasteiger partial charge in [0.15, 0.2) is 0 Å². The minimum Gasteiger partial charge on any atom is -0.396 e. The molecule has 0 spiro atoms. The number of aliphatic hydroxyl groups is 1. The van der Waals surface area contributed by atoms with Crippen LogP contribution >= 0.6 is 0 Å². The second-order valence-electron chi connectivity index (χ2n) is 5.13. The summed E-state index contributed by atoms with van der Waals surface area (Å²) >= 11 is 0. The Balaban J connectivity index is 1.87. The Morgan fingerprint density at radius 3 is 2.82 bits per heavy atom. The molecular weight excluding hydrogens is 280 g/mol. The van der Waals surface area contributed by atoms with Crippen LogP contribution in [0.4, 0.5) is 10.5 Å². The highest BCUT2D eigenvalue weighted by molar-refractivity contribution is 5.89. The van der Waals surface area contributed by atoms with Crippen LogP contribution in [0.1, 0.15) is 25.3 Å². The summed E-state index contributed by atoms with van der Waals surface area (Å²) in [5.74, 6) is 0. The predicted octanol–water partition coefficient (Wildman–Crippen LogP) is 2.21. The Labute approximate surface area is 130 Å². The molecule has 0 bridgehead atoms. The van der Waals surface area contributed by atoms with Crippen LogP contribution in [-0.2, 0) is 6.54 Å². The van der Waals surface area contributed by atoms with E-state index in [2.05, 4.69) is 15.7 Å². The molecule has 2 amide bonds. The van der Waals surface area contributed by atoms with Gasteiger partial charge >= 0.3 is 6.03 Å². The van der Waals surface area contributed by atoms with E-state index in [1.165, 1.54) is 0 Å². The Morgan fingerprint density at radius 1 is 1.36 bits per heavy atom. The van der Waals surface area contributed by atoms with E-state index in [4.69, 9.17) is 5.11 Å². The molecule has 118 valence electrons. The van der Waals surface area contributed by atoms with Crippen molar-refractivity contribution in [1.29, 1.82) is 0 Å². The van der Waals surface area contributed by atoms with Crippen LogP contribution in [-0.4, -0.2) is 33.6 Å². The van der Waals surface area contributed by atoms with Crippen LogP contribution in [0, 0.1) is 0 Å². The molecule has 0 saturated carbocycles. The van der Waals surface area contributed by atoms with Gasteiger partial charge in [-0.05, 0) is 18.4 Å². The standard InChI is InChI=1S/C16H22N4O2/c1-2-14(8-9-21)18-16(22)19-15-10-17-20(12-15)11-13-6-4-3-5-7-13/h3-7,10,12,14,21H,2,8-9,11H2,1H3,(H2,18,19,22). The number of hydrogen-bond acceptors (Lipinski definition) is 3. The third-order valence-electron chi connectivity index (χ3n) is 3.38. The fourth-order valence-corrected chi connectivity index (χ4v) is 2.17. The van der Waals surface area contributed by atoms with Crippen LogP contribution < -0.4 is 10.6 Å². The van der Waals surface area contributed by atoms with Crippen LogP contribution in [0.15, 0.2) is 42.7 Å². The summed E-state index contributed by atoms with van der Waals surface area (Å²) < 4.78 is 1.77. The van der Waals surface area contributed by atoms with Crippen LogP contribution in [0.2, 0.25) is 0 Å². The lowest BCUT2D eigenvalue weighted by Crippen LogP contribution is -2.38. The number of nitrogens with one attached hydrogen (secondary N) is 2. The summed E-state index contributed by atoms with van der Waals surface area (Å²) in [7, 11) is 0. The highest BCUT2D eigenvalue weighted by atomic mass is 16.3. The van der Waals surface area contributed by atoms with Gasteiger partial charge in [-0.15, -0.1) is 0 Å². The predicted molar refractivity (Wildman–Crippen MR) is 85.7 cm³/mol. The lowest BCUT2D eigenvalue weighted by atomic mass is 10.2. The van der Waals surface area contributed by atoms with Gasteiger partial charge in [0, 0.05) is 18.8 Å². The molecular formula is C16H22N4O2. The molecule has 1 unspecified atom stereocenters. The fourth-order valence-electron chi connectivity index (χ4n) is 2.17. The highest BCUT2D eigenvalue weighted by Gasteiger charge is 2.10. The maximum atomic E-state index is 11.9. The first-order valence-corrected chi connectivity index (χ1v) is 7.46. The number of aliphatic hydroxyl groups excluding tert-OH is 1. The molecule has 1 aromatic heterocycles. The first kappa shape index (κ1) is 16.0. The number of nitrogens with zero attached hydrogens (tertiary/aromatic N) is 2. The van der Waals surface area contributed by atoms with Gasteiger partial charge < -0.3 is 15.7 Å². The minimum atomic E-state index is -0.278. The third-order valence-corrected chi connectivity index (χ3v) is 3.38. The van der Waals surface area contributed by atoms with E-state index in [1.54, 1.807) is 17.1 Å². The molecule has 6 heteroatoms. The molecule has 0 fully saturated rings. The summed E-state index contributed by atoms with van der Waals surface area (Å²) in [6, 6.07) is 9.70. The lowest BCUT2D eigenvalue weighted by molar-refractivity contribution is 0.237. The van der Waals surface area contributed by atoms with Crippen molar-refractivity contribution < 1.29 is 9.90 Å². The number of carbonyl (C=O) groups excluding carboxylic acids is 1. The van der Waals surface area contributed by atoms with E-state index >= 15 is 0 Å². The molecule has 6 nitrogen and oxygen atoms in total. The van der Waals surface area contributed by atoms with E-state index in [1.807, 2.05) is 37.3 Å². The Kier molecular flexibility index (Phi) is 5.97. The number of amides is 2. The van der Waals surface area contributed by atoms with E-state index in [0.717, 1.165) is 12.0 Å². The number of hydrogen-bond donors (Lipinski definition) is 3. The zero-order valence-corrected chi connectivity index (χ0v) is 12.7. The van der Waals surface area contributed by atoms with Gasteiger partial charge in [-0.3, -0.25) is 4.68 Å². The van der Waals surface area contributed by atoms with Gasteiger partial charge in [-0.2, -0.15) is 5.10 Å². The first-order valence-electron chi connectivity index (χ1n) is 7.46. The van der Waals surface area contributed by atoms with E-state index in [9.17, 15) is 4.79 Å². The van der Waals surface area contributed by atoms with Crippen LogP contribution in [0.5, 0.6) is 0 Å². The zero-order valence-electron chi connectivity index (χ0n) is 12.7.